The van der Waals surface area contributed by atoms with Crippen molar-refractivity contribution in [1.82, 2.24) is 0 Å². The van der Waals surface area contributed by atoms with Gasteiger partial charge >= 0.3 is 16.7 Å². The van der Waals surface area contributed by atoms with E-state index in [0.29, 0.717) is 48.5 Å². The van der Waals surface area contributed by atoms with Crippen molar-refractivity contribution in [1.29, 1.82) is 0 Å². The summed E-state index contributed by atoms with van der Waals surface area (Å²) in [6, 6.07) is 3.27. The second-order valence-electron chi connectivity index (χ2n) is 5.42. The fraction of sp³-hybridized carbons (Fsp3) is 0.133. The van der Waals surface area contributed by atoms with Crippen LogP contribution in [0.1, 0.15) is 11.1 Å². The zero-order valence-electron chi connectivity index (χ0n) is 13.7. The van der Waals surface area contributed by atoms with Crippen LogP contribution in [0.2, 0.25) is 0 Å². The SMILES string of the molecule is [N-]=[N+]=C(S(=O)(=O)c1ccc(C(F)(F)F)cc1)S(=O)(=O)c1ccc(C(F)(F)F)cc1. The quantitative estimate of drug-likeness (QED) is 0.226. The second kappa shape index (κ2) is 7.28. The Labute approximate surface area is 159 Å². The largest absolute Gasteiger partial charge is 0.504 e. The first-order valence-corrected chi connectivity index (χ1v) is 10.1. The maximum Gasteiger partial charge on any atom is 0.504 e. The predicted molar refractivity (Wildman–Crippen MR) is 85.9 cm³/mol. The summed E-state index contributed by atoms with van der Waals surface area (Å²) < 4.78 is 123. The van der Waals surface area contributed by atoms with E-state index < -0.39 is 57.3 Å². The molecule has 0 saturated carbocycles. The Morgan fingerprint density at radius 1 is 0.655 bits per heavy atom. The summed E-state index contributed by atoms with van der Waals surface area (Å²) in [6.07, 6.45) is -9.58. The molecule has 0 aliphatic carbocycles. The third-order valence-corrected chi connectivity index (χ3v) is 7.71. The molecule has 0 spiro atoms. The van der Waals surface area contributed by atoms with E-state index in [-0.39, 0.29) is 0 Å². The van der Waals surface area contributed by atoms with Crippen molar-refractivity contribution in [2.24, 2.45) is 0 Å². The van der Waals surface area contributed by atoms with E-state index in [0.717, 1.165) is 0 Å². The van der Waals surface area contributed by atoms with Crippen LogP contribution in [-0.2, 0) is 32.0 Å². The Bertz CT molecular complexity index is 1090. The normalized spacial score (nSPS) is 13.0. The van der Waals surface area contributed by atoms with Crippen molar-refractivity contribution in [3.8, 4) is 0 Å². The summed E-state index contributed by atoms with van der Waals surface area (Å²) in [5, 5.41) is 0. The standard InChI is InChI=1S/C15H8F6N2O4S2/c16-14(17,18)9-1-5-11(6-2-9)28(24,25)13(23-22)29(26,27)12-7-3-10(4-8-12)15(19,20)21/h1-8H. The monoisotopic (exact) mass is 458 g/mol. The van der Waals surface area contributed by atoms with Crippen molar-refractivity contribution in [3.63, 3.8) is 0 Å². The molecule has 0 unspecified atom stereocenters. The molecule has 0 saturated heterocycles. The van der Waals surface area contributed by atoms with Gasteiger partial charge in [-0.3, -0.25) is 0 Å². The summed E-state index contributed by atoms with van der Waals surface area (Å²) >= 11 is 0. The number of rotatable bonds is 2. The number of sulfone groups is 2. The van der Waals surface area contributed by atoms with Gasteiger partial charge in [0.15, 0.2) is 0 Å². The molecule has 0 radical (unpaired) electrons. The van der Waals surface area contributed by atoms with Crippen LogP contribution in [0.15, 0.2) is 58.3 Å². The van der Waals surface area contributed by atoms with Gasteiger partial charge in [-0.05, 0) is 48.5 Å². The smallest absolute Gasteiger partial charge is 0.359 e. The van der Waals surface area contributed by atoms with E-state index >= 15 is 0 Å². The summed E-state index contributed by atoms with van der Waals surface area (Å²) in [5.41, 5.74) is 6.52. The average Bonchev–Trinajstić information content (AvgIpc) is 2.60. The van der Waals surface area contributed by atoms with E-state index in [1.807, 2.05) is 0 Å². The lowest BCUT2D eigenvalue weighted by Crippen LogP contribution is -2.26. The van der Waals surface area contributed by atoms with Crippen LogP contribution in [0.25, 0.3) is 5.53 Å². The van der Waals surface area contributed by atoms with Gasteiger partial charge in [-0.1, -0.05) is 0 Å². The molecule has 29 heavy (non-hydrogen) atoms. The molecule has 0 heterocycles. The number of hydrogen-bond acceptors (Lipinski definition) is 4. The van der Waals surface area contributed by atoms with E-state index in [2.05, 4.69) is 4.79 Å². The molecule has 0 aliphatic heterocycles. The van der Waals surface area contributed by atoms with Gasteiger partial charge in [0, 0.05) is 0 Å². The lowest BCUT2D eigenvalue weighted by molar-refractivity contribution is -0.138. The predicted octanol–water partition coefficient (Wildman–Crippen LogP) is 3.56. The number of alkyl halides is 6. The number of nitrogens with zero attached hydrogens (tertiary/aromatic N) is 2. The Morgan fingerprint density at radius 2 is 0.931 bits per heavy atom. The van der Waals surface area contributed by atoms with Gasteiger partial charge in [0.05, 0.1) is 20.9 Å². The first kappa shape index (κ1) is 22.6. The second-order valence-corrected chi connectivity index (χ2v) is 9.41. The molecule has 0 fully saturated rings. The zero-order chi connectivity index (χ0) is 22.3. The van der Waals surface area contributed by atoms with E-state index in [1.54, 1.807) is 0 Å². The minimum atomic E-state index is -5.14. The minimum Gasteiger partial charge on any atom is -0.359 e. The number of benzene rings is 2. The molecular formula is C15H8F6N2O4S2. The maximum atomic E-state index is 12.6. The molecule has 0 aromatic heterocycles. The van der Waals surface area contributed by atoms with Crippen LogP contribution >= 0.6 is 0 Å². The highest BCUT2D eigenvalue weighted by Crippen LogP contribution is 2.32. The van der Waals surface area contributed by atoms with Crippen LogP contribution < -0.4 is 0 Å². The Balaban J connectivity index is 2.52. The highest BCUT2D eigenvalue weighted by Gasteiger charge is 2.44. The minimum absolute atomic E-state index is 0.368. The Morgan fingerprint density at radius 3 is 1.14 bits per heavy atom. The molecule has 0 N–H and O–H groups in total. The van der Waals surface area contributed by atoms with E-state index in [1.165, 1.54) is 0 Å². The molecule has 0 atom stereocenters. The summed E-state index contributed by atoms with van der Waals surface area (Å²) in [7, 11) is -10.3. The summed E-state index contributed by atoms with van der Waals surface area (Å²) in [5.74, 6) is 0. The first-order chi connectivity index (χ1) is 13.1. The topological polar surface area (TPSA) is 105 Å². The molecule has 156 valence electrons. The summed E-state index contributed by atoms with van der Waals surface area (Å²) in [4.78, 5) is 0.350. The third-order valence-electron chi connectivity index (χ3n) is 3.53. The van der Waals surface area contributed by atoms with Crippen LogP contribution in [0.4, 0.5) is 26.3 Å². The van der Waals surface area contributed by atoms with Crippen molar-refractivity contribution in [3.05, 3.63) is 65.2 Å². The van der Waals surface area contributed by atoms with Crippen molar-refractivity contribution in [2.45, 2.75) is 22.1 Å². The molecule has 0 amide bonds. The zero-order valence-corrected chi connectivity index (χ0v) is 15.4. The molecular weight excluding hydrogens is 450 g/mol. The fourth-order valence-electron chi connectivity index (χ4n) is 2.10. The van der Waals surface area contributed by atoms with Gasteiger partial charge in [0.1, 0.15) is 0 Å². The maximum absolute atomic E-state index is 12.6. The van der Waals surface area contributed by atoms with E-state index in [9.17, 15) is 43.2 Å². The van der Waals surface area contributed by atoms with Crippen molar-refractivity contribution >= 4 is 24.1 Å². The number of hydrogen-bond donors (Lipinski definition) is 0. The third kappa shape index (κ3) is 4.49. The highest BCUT2D eigenvalue weighted by molar-refractivity contribution is 8.31. The average molecular weight is 458 g/mol. The molecule has 0 bridgehead atoms. The molecule has 0 aliphatic rings. The number of halogens is 6. The van der Waals surface area contributed by atoms with Crippen LogP contribution in [0, 0.1) is 0 Å². The molecule has 2 aromatic rings. The van der Waals surface area contributed by atoms with E-state index in [4.69, 9.17) is 5.53 Å². The van der Waals surface area contributed by atoms with Crippen molar-refractivity contribution in [2.75, 3.05) is 0 Å². The van der Waals surface area contributed by atoms with Gasteiger partial charge in [-0.15, -0.1) is 4.79 Å². The van der Waals surface area contributed by atoms with Gasteiger partial charge in [-0.25, -0.2) is 16.8 Å². The molecule has 14 heteroatoms. The van der Waals surface area contributed by atoms with Crippen LogP contribution in [-0.4, -0.2) is 26.0 Å². The lowest BCUT2D eigenvalue weighted by Gasteiger charge is -2.08. The Hall–Kier alpha value is -2.70. The van der Waals surface area contributed by atoms with Gasteiger partial charge < -0.3 is 5.53 Å². The van der Waals surface area contributed by atoms with Gasteiger partial charge in [-0.2, -0.15) is 26.3 Å². The summed E-state index contributed by atoms with van der Waals surface area (Å²) in [6.45, 7) is 0. The first-order valence-electron chi connectivity index (χ1n) is 7.18. The molecule has 2 rings (SSSR count). The van der Waals surface area contributed by atoms with Gasteiger partial charge in [0.25, 0.3) is 19.7 Å². The highest BCUT2D eigenvalue weighted by atomic mass is 32.3. The fourth-order valence-corrected chi connectivity index (χ4v) is 5.44. The van der Waals surface area contributed by atoms with Gasteiger partial charge in [0.2, 0.25) is 0 Å². The van der Waals surface area contributed by atoms with Crippen LogP contribution in [0.5, 0.6) is 0 Å². The van der Waals surface area contributed by atoms with Crippen molar-refractivity contribution < 1.29 is 48.0 Å². The molecule has 6 nitrogen and oxygen atoms in total. The Kier molecular flexibility index (Phi) is 5.67. The lowest BCUT2D eigenvalue weighted by atomic mass is 10.2. The molecule has 2 aromatic carbocycles. The van der Waals surface area contributed by atoms with Crippen LogP contribution in [0.3, 0.4) is 0 Å².